The summed E-state index contributed by atoms with van der Waals surface area (Å²) in [4.78, 5) is 45.0. The van der Waals surface area contributed by atoms with Gasteiger partial charge in [-0.1, -0.05) is 36.5 Å². The zero-order valence-corrected chi connectivity index (χ0v) is 20.5. The van der Waals surface area contributed by atoms with Crippen LogP contribution in [0.15, 0.2) is 45.6 Å². The largest absolute Gasteiger partial charge is 0.450 e. The number of nitrogens with zero attached hydrogens (tertiary/aromatic N) is 4. The van der Waals surface area contributed by atoms with Crippen molar-refractivity contribution in [2.24, 2.45) is 0 Å². The fraction of sp³-hybridized carbons (Fsp3) is 0.269. The van der Waals surface area contributed by atoms with Crippen LogP contribution in [0.3, 0.4) is 0 Å². The summed E-state index contributed by atoms with van der Waals surface area (Å²) in [5.41, 5.74) is 1.27. The molecule has 9 heteroatoms. The van der Waals surface area contributed by atoms with Crippen molar-refractivity contribution >= 4 is 44.9 Å². The molecule has 4 heterocycles. The first kappa shape index (κ1) is 21.7. The second-order valence-electron chi connectivity index (χ2n) is 9.03. The number of para-hydroxylation sites is 1. The quantitative estimate of drug-likeness (QED) is 0.433. The van der Waals surface area contributed by atoms with Crippen molar-refractivity contribution in [2.75, 3.05) is 16.8 Å². The Balaban J connectivity index is 1.75. The van der Waals surface area contributed by atoms with Crippen molar-refractivity contribution in [3.63, 3.8) is 0 Å². The van der Waals surface area contributed by atoms with E-state index in [1.165, 1.54) is 21.1 Å². The molecule has 4 aromatic rings. The summed E-state index contributed by atoms with van der Waals surface area (Å²) in [6.07, 6.45) is 1.56. The van der Waals surface area contributed by atoms with Crippen LogP contribution in [0.5, 0.6) is 0 Å². The molecule has 1 spiro atoms. The summed E-state index contributed by atoms with van der Waals surface area (Å²) in [5.74, 6) is -1.11. The van der Waals surface area contributed by atoms with E-state index in [1.807, 2.05) is 26.8 Å². The Labute approximate surface area is 204 Å². The van der Waals surface area contributed by atoms with Crippen LogP contribution in [-0.4, -0.2) is 29.1 Å². The van der Waals surface area contributed by atoms with Gasteiger partial charge in [-0.2, -0.15) is 0 Å². The van der Waals surface area contributed by atoms with Gasteiger partial charge in [0, 0.05) is 24.7 Å². The number of carbonyl (C=O) groups excluding carboxylic acids is 2. The highest BCUT2D eigenvalue weighted by molar-refractivity contribution is 7.15. The van der Waals surface area contributed by atoms with Crippen molar-refractivity contribution < 1.29 is 14.0 Å². The fourth-order valence-electron chi connectivity index (χ4n) is 5.17. The molecular formula is C26H22N4O4S. The van der Waals surface area contributed by atoms with E-state index in [0.29, 0.717) is 28.6 Å². The van der Waals surface area contributed by atoms with E-state index in [2.05, 4.69) is 10.2 Å². The second kappa shape index (κ2) is 7.32. The lowest BCUT2D eigenvalue weighted by Crippen LogP contribution is -2.53. The van der Waals surface area contributed by atoms with Gasteiger partial charge >= 0.3 is 0 Å². The van der Waals surface area contributed by atoms with E-state index in [1.54, 1.807) is 37.4 Å². The zero-order chi connectivity index (χ0) is 24.6. The molecule has 0 saturated heterocycles. The molecule has 2 aliphatic rings. The average molecular weight is 487 g/mol. The molecule has 0 bridgehead atoms. The molecule has 8 nitrogen and oxygen atoms in total. The summed E-state index contributed by atoms with van der Waals surface area (Å²) in [7, 11) is 1.65. The lowest BCUT2D eigenvalue weighted by Gasteiger charge is -2.31. The number of rotatable bonds is 3. The lowest BCUT2D eigenvalue weighted by molar-refractivity contribution is -0.121. The van der Waals surface area contributed by atoms with Crippen molar-refractivity contribution in [3.8, 4) is 0 Å². The molecule has 1 atom stereocenters. The number of anilines is 2. The van der Waals surface area contributed by atoms with Crippen molar-refractivity contribution in [1.29, 1.82) is 0 Å². The number of likely N-dealkylation sites (N-methyl/N-ethyl adjacent to an activating group) is 1. The molecule has 0 radical (unpaired) electrons. The van der Waals surface area contributed by atoms with Crippen molar-refractivity contribution in [3.05, 3.63) is 79.6 Å². The average Bonchev–Trinajstić information content (AvgIpc) is 3.46. The topological polar surface area (TPSA) is 96.6 Å². The van der Waals surface area contributed by atoms with Gasteiger partial charge in [0.2, 0.25) is 10.9 Å². The molecule has 176 valence electrons. The minimum absolute atomic E-state index is 0.0345. The number of hydrogen-bond donors (Lipinski definition) is 0. The normalized spacial score (nSPS) is 18.7. The Morgan fingerprint density at radius 1 is 1.06 bits per heavy atom. The number of amides is 2. The summed E-state index contributed by atoms with van der Waals surface area (Å²) in [5, 5.41) is 9.89. The lowest BCUT2D eigenvalue weighted by atomic mass is 9.84. The summed E-state index contributed by atoms with van der Waals surface area (Å²) in [6, 6.07) is 10.7. The Morgan fingerprint density at radius 3 is 2.57 bits per heavy atom. The Morgan fingerprint density at radius 2 is 1.80 bits per heavy atom. The van der Waals surface area contributed by atoms with Crippen molar-refractivity contribution in [2.45, 2.75) is 39.2 Å². The SMILES string of the molecule is CCCc1nnc(N2C(=O)c3oc4cc(C)c(C)cc4c(=O)c3C23C(=O)N(C)c2ccccc23)s1. The predicted octanol–water partition coefficient (Wildman–Crippen LogP) is 4.09. The van der Waals surface area contributed by atoms with Crippen LogP contribution in [0.4, 0.5) is 10.8 Å². The minimum atomic E-state index is -1.71. The number of hydrogen-bond acceptors (Lipinski definition) is 7. The van der Waals surface area contributed by atoms with Gasteiger partial charge in [0.05, 0.1) is 10.9 Å². The maximum atomic E-state index is 14.1. The Bertz CT molecular complexity index is 1640. The summed E-state index contributed by atoms with van der Waals surface area (Å²) < 4.78 is 6.12. The summed E-state index contributed by atoms with van der Waals surface area (Å²) >= 11 is 1.25. The molecule has 2 aromatic heterocycles. The summed E-state index contributed by atoms with van der Waals surface area (Å²) in [6.45, 7) is 5.86. The first-order valence-electron chi connectivity index (χ1n) is 11.4. The molecule has 2 aliphatic heterocycles. The second-order valence-corrected chi connectivity index (χ2v) is 10.1. The van der Waals surface area contributed by atoms with Gasteiger partial charge in [-0.05, 0) is 49.6 Å². The van der Waals surface area contributed by atoms with Crippen LogP contribution in [0, 0.1) is 13.8 Å². The molecule has 35 heavy (non-hydrogen) atoms. The first-order valence-corrected chi connectivity index (χ1v) is 12.3. The predicted molar refractivity (Wildman–Crippen MR) is 133 cm³/mol. The molecule has 0 saturated carbocycles. The van der Waals surface area contributed by atoms with Crippen LogP contribution in [0.25, 0.3) is 11.0 Å². The fourth-order valence-corrected chi connectivity index (χ4v) is 6.16. The van der Waals surface area contributed by atoms with Crippen LogP contribution in [0.1, 0.15) is 51.2 Å². The molecule has 2 aromatic carbocycles. The van der Waals surface area contributed by atoms with Gasteiger partial charge in [-0.3, -0.25) is 19.3 Å². The van der Waals surface area contributed by atoms with E-state index in [4.69, 9.17) is 4.42 Å². The van der Waals surface area contributed by atoms with E-state index in [9.17, 15) is 14.4 Å². The van der Waals surface area contributed by atoms with Crippen LogP contribution < -0.4 is 15.2 Å². The number of fused-ring (bicyclic) bond motifs is 5. The molecule has 0 fully saturated rings. The van der Waals surface area contributed by atoms with Gasteiger partial charge in [-0.25, -0.2) is 0 Å². The van der Waals surface area contributed by atoms with E-state index in [-0.39, 0.29) is 16.5 Å². The van der Waals surface area contributed by atoms with Gasteiger partial charge < -0.3 is 9.32 Å². The van der Waals surface area contributed by atoms with Crippen LogP contribution in [0.2, 0.25) is 0 Å². The first-order chi connectivity index (χ1) is 16.8. The number of aryl methyl sites for hydroxylation is 3. The smallest absolute Gasteiger partial charge is 0.297 e. The third-order valence-electron chi connectivity index (χ3n) is 6.98. The highest BCUT2D eigenvalue weighted by Crippen LogP contribution is 2.53. The Kier molecular flexibility index (Phi) is 4.53. The standard InChI is InChI=1S/C26H22N4O4S/c1-5-8-19-27-28-25(35-19)30-23(32)22-20(21(31)15-11-13(2)14(3)12-18(15)34-22)26(30)16-9-6-7-10-17(16)29(4)24(26)33/h6-7,9-12H,5,8H2,1-4H3. The minimum Gasteiger partial charge on any atom is -0.450 e. The van der Waals surface area contributed by atoms with Crippen molar-refractivity contribution in [1.82, 2.24) is 10.2 Å². The molecule has 0 N–H and O–H groups in total. The highest BCUT2D eigenvalue weighted by atomic mass is 32.1. The molecule has 6 rings (SSSR count). The maximum Gasteiger partial charge on any atom is 0.297 e. The number of carbonyl (C=O) groups is 2. The third kappa shape index (κ3) is 2.64. The molecular weight excluding hydrogens is 464 g/mol. The maximum absolute atomic E-state index is 14.1. The van der Waals surface area contributed by atoms with Gasteiger partial charge in [-0.15, -0.1) is 10.2 Å². The van der Waals surface area contributed by atoms with Gasteiger partial charge in [0.1, 0.15) is 10.6 Å². The zero-order valence-electron chi connectivity index (χ0n) is 19.7. The van der Waals surface area contributed by atoms with E-state index in [0.717, 1.165) is 22.6 Å². The highest BCUT2D eigenvalue weighted by Gasteiger charge is 2.66. The Hall–Kier alpha value is -3.85. The van der Waals surface area contributed by atoms with Crippen LogP contribution >= 0.6 is 11.3 Å². The number of benzene rings is 2. The molecule has 2 amide bonds. The number of aromatic nitrogens is 2. The van der Waals surface area contributed by atoms with Crippen LogP contribution in [-0.2, 0) is 16.8 Å². The van der Waals surface area contributed by atoms with E-state index < -0.39 is 22.8 Å². The third-order valence-corrected chi connectivity index (χ3v) is 7.95. The van der Waals surface area contributed by atoms with Gasteiger partial charge in [0.15, 0.2) is 11.0 Å². The van der Waals surface area contributed by atoms with Gasteiger partial charge in [0.25, 0.3) is 11.8 Å². The monoisotopic (exact) mass is 486 g/mol. The molecule has 1 unspecified atom stereocenters. The van der Waals surface area contributed by atoms with E-state index >= 15 is 0 Å². The molecule has 0 aliphatic carbocycles.